The zero-order valence-electron chi connectivity index (χ0n) is 18.0. The number of anilines is 1. The van der Waals surface area contributed by atoms with Crippen molar-refractivity contribution in [3.05, 3.63) is 76.6 Å². The van der Waals surface area contributed by atoms with Gasteiger partial charge >= 0.3 is 0 Å². The first-order valence-electron chi connectivity index (χ1n) is 10.8. The summed E-state index contributed by atoms with van der Waals surface area (Å²) in [6, 6.07) is 14.3. The average Bonchev–Trinajstić information content (AvgIpc) is 2.84. The van der Waals surface area contributed by atoms with E-state index in [9.17, 15) is 9.59 Å². The van der Waals surface area contributed by atoms with Gasteiger partial charge < -0.3 is 21.7 Å². The van der Waals surface area contributed by atoms with Crippen molar-refractivity contribution >= 4 is 29.2 Å². The zero-order chi connectivity index (χ0) is 23.2. The summed E-state index contributed by atoms with van der Waals surface area (Å²) in [4.78, 5) is 34.0. The number of halogens is 1. The van der Waals surface area contributed by atoms with E-state index in [0.29, 0.717) is 34.9 Å². The van der Waals surface area contributed by atoms with Gasteiger partial charge in [0.1, 0.15) is 0 Å². The van der Waals surface area contributed by atoms with Crippen LogP contribution in [0.5, 0.6) is 0 Å². The molecule has 2 aromatic carbocycles. The summed E-state index contributed by atoms with van der Waals surface area (Å²) in [6.07, 6.45) is 3.40. The Morgan fingerprint density at radius 1 is 1.15 bits per heavy atom. The second-order valence-electron chi connectivity index (χ2n) is 7.90. The molecule has 1 aliphatic rings. The first kappa shape index (κ1) is 22.7. The van der Waals surface area contributed by atoms with E-state index < -0.39 is 0 Å². The van der Waals surface area contributed by atoms with Crippen molar-refractivity contribution in [2.24, 2.45) is 0 Å². The van der Waals surface area contributed by atoms with Crippen molar-refractivity contribution < 1.29 is 9.59 Å². The molecular formula is C24H25ClN6O2. The lowest BCUT2D eigenvalue weighted by atomic mass is 10.1. The fraction of sp³-hybridized carbons (Fsp3) is 0.250. The number of aromatic nitrogens is 2. The summed E-state index contributed by atoms with van der Waals surface area (Å²) in [5.41, 5.74) is 8.55. The molecule has 0 radical (unpaired) electrons. The molecule has 1 fully saturated rings. The van der Waals surface area contributed by atoms with Crippen LogP contribution in [0.2, 0.25) is 5.02 Å². The van der Waals surface area contributed by atoms with Crippen molar-refractivity contribution in [2.45, 2.75) is 25.4 Å². The van der Waals surface area contributed by atoms with E-state index in [2.05, 4.69) is 25.9 Å². The van der Waals surface area contributed by atoms with Crippen LogP contribution in [0.15, 0.2) is 54.7 Å². The fourth-order valence-corrected chi connectivity index (χ4v) is 3.77. The molecule has 170 valence electrons. The number of rotatable bonds is 6. The van der Waals surface area contributed by atoms with Crippen molar-refractivity contribution in [1.82, 2.24) is 25.9 Å². The topological polar surface area (TPSA) is 122 Å². The molecule has 1 aromatic heterocycles. The van der Waals surface area contributed by atoms with Crippen LogP contribution in [0.25, 0.3) is 11.3 Å². The van der Waals surface area contributed by atoms with Gasteiger partial charge in [0, 0.05) is 35.3 Å². The first-order chi connectivity index (χ1) is 16.0. The lowest BCUT2D eigenvalue weighted by molar-refractivity contribution is 0.0923. The minimum atomic E-state index is -0.354. The molecule has 3 aromatic rings. The fourth-order valence-electron chi connectivity index (χ4n) is 3.64. The van der Waals surface area contributed by atoms with Crippen LogP contribution in [0.3, 0.4) is 0 Å². The highest BCUT2D eigenvalue weighted by molar-refractivity contribution is 6.30. The molecular weight excluding hydrogens is 440 g/mol. The summed E-state index contributed by atoms with van der Waals surface area (Å²) in [7, 11) is 0. The number of hydrogen-bond donors (Lipinski definition) is 4. The van der Waals surface area contributed by atoms with Gasteiger partial charge in [0.15, 0.2) is 11.5 Å². The first-order valence-corrected chi connectivity index (χ1v) is 11.1. The van der Waals surface area contributed by atoms with Crippen LogP contribution >= 0.6 is 11.6 Å². The van der Waals surface area contributed by atoms with E-state index in [0.717, 1.165) is 24.9 Å². The van der Waals surface area contributed by atoms with Crippen LogP contribution in [-0.2, 0) is 6.54 Å². The largest absolute Gasteiger partial charge is 0.382 e. The Labute approximate surface area is 197 Å². The summed E-state index contributed by atoms with van der Waals surface area (Å²) >= 11 is 5.90. The van der Waals surface area contributed by atoms with E-state index in [4.69, 9.17) is 17.3 Å². The molecule has 33 heavy (non-hydrogen) atoms. The monoisotopic (exact) mass is 464 g/mol. The molecule has 8 nitrogen and oxygen atoms in total. The number of nitrogens with one attached hydrogen (secondary N) is 3. The Morgan fingerprint density at radius 2 is 1.97 bits per heavy atom. The lowest BCUT2D eigenvalue weighted by Gasteiger charge is -2.23. The van der Waals surface area contributed by atoms with Gasteiger partial charge in [-0.3, -0.25) is 9.59 Å². The maximum atomic E-state index is 12.7. The third-order valence-electron chi connectivity index (χ3n) is 5.43. The summed E-state index contributed by atoms with van der Waals surface area (Å²) in [5.74, 6) is -0.512. The van der Waals surface area contributed by atoms with E-state index in [1.165, 1.54) is 6.20 Å². The number of hydrogen-bond acceptors (Lipinski definition) is 6. The summed E-state index contributed by atoms with van der Waals surface area (Å²) in [5, 5.41) is 9.76. The number of nitrogen functional groups attached to an aromatic ring is 1. The molecule has 0 aliphatic carbocycles. The highest BCUT2D eigenvalue weighted by atomic mass is 35.5. The zero-order valence-corrected chi connectivity index (χ0v) is 18.7. The third kappa shape index (κ3) is 5.85. The molecule has 9 heteroatoms. The Balaban J connectivity index is 1.48. The number of carbonyl (C=O) groups is 2. The van der Waals surface area contributed by atoms with Gasteiger partial charge in [-0.15, -0.1) is 0 Å². The number of carbonyl (C=O) groups excluding carboxylic acids is 2. The third-order valence-corrected chi connectivity index (χ3v) is 5.69. The maximum absolute atomic E-state index is 12.7. The normalized spacial score (nSPS) is 15.6. The van der Waals surface area contributed by atoms with E-state index in [1.807, 2.05) is 18.2 Å². The van der Waals surface area contributed by atoms with Crippen LogP contribution in [-0.4, -0.2) is 40.9 Å². The molecule has 1 atom stereocenters. The quantitative estimate of drug-likeness (QED) is 0.445. The average molecular weight is 465 g/mol. The van der Waals surface area contributed by atoms with E-state index in [-0.39, 0.29) is 29.4 Å². The predicted octanol–water partition coefficient (Wildman–Crippen LogP) is 2.79. The smallest absolute Gasteiger partial charge is 0.274 e. The summed E-state index contributed by atoms with van der Waals surface area (Å²) in [6.45, 7) is 2.04. The standard InChI is InChI=1S/C24H25ClN6O2/c25-18-8-6-15(7-9-18)12-29-23(32)17-4-1-3-16(11-17)20-14-28-22(26)21(31-20)24(33)30-19-5-2-10-27-13-19/h1,3-4,6-9,11,14,19,27H,2,5,10,12-13H2,(H2,26,28)(H,29,32)(H,30,33). The van der Waals surface area contributed by atoms with E-state index >= 15 is 0 Å². The second-order valence-corrected chi connectivity index (χ2v) is 8.33. The lowest BCUT2D eigenvalue weighted by Crippen LogP contribution is -2.46. The van der Waals surface area contributed by atoms with Gasteiger partial charge in [0.25, 0.3) is 11.8 Å². The minimum absolute atomic E-state index is 0.0313. The van der Waals surface area contributed by atoms with Crippen LogP contribution in [0, 0.1) is 0 Å². The number of nitrogens with zero attached hydrogens (tertiary/aromatic N) is 2. The molecule has 0 spiro atoms. The molecule has 5 N–H and O–H groups in total. The van der Waals surface area contributed by atoms with Crippen molar-refractivity contribution in [3.8, 4) is 11.3 Å². The molecule has 0 bridgehead atoms. The van der Waals surface area contributed by atoms with Gasteiger partial charge in [0.2, 0.25) is 0 Å². The molecule has 2 heterocycles. The molecule has 4 rings (SSSR count). The van der Waals surface area contributed by atoms with E-state index in [1.54, 1.807) is 30.3 Å². The van der Waals surface area contributed by atoms with Crippen LogP contribution in [0.1, 0.15) is 39.3 Å². The number of piperidine rings is 1. The maximum Gasteiger partial charge on any atom is 0.274 e. The minimum Gasteiger partial charge on any atom is -0.382 e. The van der Waals surface area contributed by atoms with Crippen molar-refractivity contribution in [2.75, 3.05) is 18.8 Å². The van der Waals surface area contributed by atoms with Gasteiger partial charge in [-0.2, -0.15) is 0 Å². The highest BCUT2D eigenvalue weighted by Crippen LogP contribution is 2.20. The Hall–Kier alpha value is -3.49. The molecule has 1 unspecified atom stereocenters. The predicted molar refractivity (Wildman–Crippen MR) is 128 cm³/mol. The van der Waals surface area contributed by atoms with Gasteiger partial charge in [-0.05, 0) is 49.2 Å². The molecule has 2 amide bonds. The SMILES string of the molecule is Nc1ncc(-c2cccc(C(=O)NCc3ccc(Cl)cc3)c2)nc1C(=O)NC1CCCNC1. The van der Waals surface area contributed by atoms with Gasteiger partial charge in [-0.1, -0.05) is 35.9 Å². The van der Waals surface area contributed by atoms with Crippen molar-refractivity contribution in [1.29, 1.82) is 0 Å². The van der Waals surface area contributed by atoms with Gasteiger partial charge in [-0.25, -0.2) is 9.97 Å². The van der Waals surface area contributed by atoms with Crippen LogP contribution < -0.4 is 21.7 Å². The van der Waals surface area contributed by atoms with Gasteiger partial charge in [0.05, 0.1) is 11.9 Å². The number of benzene rings is 2. The van der Waals surface area contributed by atoms with Crippen LogP contribution in [0.4, 0.5) is 5.82 Å². The highest BCUT2D eigenvalue weighted by Gasteiger charge is 2.20. The Morgan fingerprint density at radius 3 is 2.73 bits per heavy atom. The number of nitrogens with two attached hydrogens (primary N) is 1. The Bertz CT molecular complexity index is 1150. The van der Waals surface area contributed by atoms with Crippen molar-refractivity contribution in [3.63, 3.8) is 0 Å². The summed E-state index contributed by atoms with van der Waals surface area (Å²) < 4.78 is 0. The second kappa shape index (κ2) is 10.4. The number of amides is 2. The molecule has 1 aliphatic heterocycles. The Kier molecular flexibility index (Phi) is 7.16. The molecule has 1 saturated heterocycles. The molecule has 0 saturated carbocycles.